The van der Waals surface area contributed by atoms with Crippen molar-refractivity contribution in [3.63, 3.8) is 0 Å². The molecule has 1 saturated heterocycles. The van der Waals surface area contributed by atoms with Gasteiger partial charge in [-0.15, -0.1) is 10.2 Å². The molecule has 1 saturated carbocycles. The van der Waals surface area contributed by atoms with Crippen LogP contribution in [0.1, 0.15) is 56.6 Å². The van der Waals surface area contributed by atoms with Crippen molar-refractivity contribution in [3.8, 4) is 11.4 Å². The molecule has 39 heavy (non-hydrogen) atoms. The van der Waals surface area contributed by atoms with E-state index in [-0.39, 0.29) is 42.8 Å². The molecular weight excluding hydrogens is 506 g/mol. The molecule has 1 aliphatic carbocycles. The number of ether oxygens (including phenoxy) is 1. The number of hydrogen-bond donors (Lipinski definition) is 1. The molecule has 1 N–H and O–H groups in total. The zero-order chi connectivity index (χ0) is 27.2. The van der Waals surface area contributed by atoms with Crippen molar-refractivity contribution in [1.29, 1.82) is 0 Å². The van der Waals surface area contributed by atoms with Gasteiger partial charge in [-0.25, -0.2) is 8.78 Å². The summed E-state index contributed by atoms with van der Waals surface area (Å²) in [5.41, 5.74) is 1.07. The maximum atomic E-state index is 13.8. The Morgan fingerprint density at radius 3 is 2.33 bits per heavy atom. The first-order valence-electron chi connectivity index (χ1n) is 13.5. The summed E-state index contributed by atoms with van der Waals surface area (Å²) in [6.45, 7) is 0.516. The monoisotopic (exact) mass is 538 g/mol. The van der Waals surface area contributed by atoms with E-state index in [4.69, 9.17) is 4.74 Å². The van der Waals surface area contributed by atoms with Crippen LogP contribution in [0.25, 0.3) is 11.4 Å². The molecule has 9 nitrogen and oxygen atoms in total. The second-order valence-electron chi connectivity index (χ2n) is 10.1. The quantitative estimate of drug-likeness (QED) is 0.445. The molecule has 2 amide bonds. The van der Waals surface area contributed by atoms with Crippen LogP contribution in [-0.2, 0) is 20.9 Å². The fourth-order valence-corrected chi connectivity index (χ4v) is 5.24. The molecule has 2 atom stereocenters. The Morgan fingerprint density at radius 1 is 0.974 bits per heavy atom. The number of carbonyl (C=O) groups excluding carboxylic acids is 2. The lowest BCUT2D eigenvalue weighted by molar-refractivity contribution is -0.143. The zero-order valence-electron chi connectivity index (χ0n) is 21.6. The van der Waals surface area contributed by atoms with E-state index in [1.165, 1.54) is 53.4 Å². The number of amides is 2. The lowest BCUT2D eigenvalue weighted by atomic mass is 9.94. The van der Waals surface area contributed by atoms with E-state index in [0.29, 0.717) is 17.7 Å². The second kappa shape index (κ2) is 12.4. The Bertz CT molecular complexity index is 1260. The van der Waals surface area contributed by atoms with Crippen molar-refractivity contribution < 1.29 is 23.1 Å². The summed E-state index contributed by atoms with van der Waals surface area (Å²) >= 11 is 0. The van der Waals surface area contributed by atoms with Crippen LogP contribution in [0.3, 0.4) is 0 Å². The van der Waals surface area contributed by atoms with Gasteiger partial charge in [0.25, 0.3) is 0 Å². The molecular formula is C28H32F2N6O3. The highest BCUT2D eigenvalue weighted by Gasteiger charge is 2.35. The molecule has 2 fully saturated rings. The van der Waals surface area contributed by atoms with Crippen LogP contribution >= 0.6 is 0 Å². The number of nitrogens with zero attached hydrogens (tertiary/aromatic N) is 5. The molecule has 2 aromatic carbocycles. The number of halogens is 2. The molecule has 3 aromatic rings. The van der Waals surface area contributed by atoms with Crippen molar-refractivity contribution in [2.45, 2.75) is 69.7 Å². The molecule has 206 valence electrons. The van der Waals surface area contributed by atoms with Crippen LogP contribution in [0.15, 0.2) is 48.5 Å². The van der Waals surface area contributed by atoms with Crippen LogP contribution in [0, 0.1) is 11.6 Å². The number of rotatable bonds is 9. The lowest BCUT2D eigenvalue weighted by Crippen LogP contribution is -2.50. The van der Waals surface area contributed by atoms with Gasteiger partial charge >= 0.3 is 0 Å². The standard InChI is InChI=1S/C28H32F2N6O3/c29-21-12-8-19(9-13-21)26(28(38)31-23-5-2-1-3-6-23)35(17-24-7-4-16-39-24)25(37)18-36-33-27(32-34-36)20-10-14-22(30)15-11-20/h8-15,23-24,26H,1-7,16-18H2,(H,31,38)/t24-,26-/m0/s1. The van der Waals surface area contributed by atoms with Gasteiger partial charge in [-0.3, -0.25) is 9.59 Å². The minimum Gasteiger partial charge on any atom is -0.376 e. The van der Waals surface area contributed by atoms with Gasteiger partial charge in [0.2, 0.25) is 17.6 Å². The third-order valence-corrected chi connectivity index (χ3v) is 7.27. The predicted molar refractivity (Wildman–Crippen MR) is 138 cm³/mol. The Balaban J connectivity index is 1.41. The molecule has 0 radical (unpaired) electrons. The normalized spacial score (nSPS) is 18.6. The van der Waals surface area contributed by atoms with E-state index in [2.05, 4.69) is 20.7 Å². The maximum Gasteiger partial charge on any atom is 0.247 e. The number of benzene rings is 2. The third kappa shape index (κ3) is 6.83. The van der Waals surface area contributed by atoms with Gasteiger partial charge < -0.3 is 15.0 Å². The van der Waals surface area contributed by atoms with Gasteiger partial charge in [0, 0.05) is 24.8 Å². The summed E-state index contributed by atoms with van der Waals surface area (Å²) < 4.78 is 32.9. The summed E-state index contributed by atoms with van der Waals surface area (Å²) in [4.78, 5) is 30.2. The molecule has 0 bridgehead atoms. The molecule has 1 aromatic heterocycles. The van der Waals surface area contributed by atoms with E-state index in [0.717, 1.165) is 49.7 Å². The SMILES string of the molecule is O=C(NC1CCCCC1)[C@H](c1ccc(F)cc1)N(C[C@@H]1CCCO1)C(=O)Cn1nnc(-c2ccc(F)cc2)n1. The smallest absolute Gasteiger partial charge is 0.247 e. The maximum absolute atomic E-state index is 13.8. The number of nitrogens with one attached hydrogen (secondary N) is 1. The summed E-state index contributed by atoms with van der Waals surface area (Å²) in [6.07, 6.45) is 6.40. The Labute approximate surface area is 225 Å². The number of hydrogen-bond acceptors (Lipinski definition) is 6. The van der Waals surface area contributed by atoms with Crippen molar-refractivity contribution in [1.82, 2.24) is 30.4 Å². The molecule has 2 heterocycles. The van der Waals surface area contributed by atoms with E-state index in [9.17, 15) is 18.4 Å². The van der Waals surface area contributed by atoms with Crippen LogP contribution in [0.4, 0.5) is 8.78 Å². The van der Waals surface area contributed by atoms with E-state index in [1.807, 2.05) is 0 Å². The van der Waals surface area contributed by atoms with Crippen molar-refractivity contribution >= 4 is 11.8 Å². The molecule has 2 aliphatic rings. The highest BCUT2D eigenvalue weighted by Crippen LogP contribution is 2.27. The topological polar surface area (TPSA) is 102 Å². The summed E-state index contributed by atoms with van der Waals surface area (Å²) in [6, 6.07) is 10.4. The zero-order valence-corrected chi connectivity index (χ0v) is 21.6. The van der Waals surface area contributed by atoms with Crippen LogP contribution in [0.2, 0.25) is 0 Å². The van der Waals surface area contributed by atoms with Crippen molar-refractivity contribution in [3.05, 3.63) is 65.7 Å². The van der Waals surface area contributed by atoms with Gasteiger partial charge in [0.15, 0.2) is 0 Å². The number of carbonyl (C=O) groups is 2. The molecule has 0 spiro atoms. The minimum absolute atomic E-state index is 0.0316. The fourth-order valence-electron chi connectivity index (χ4n) is 5.24. The van der Waals surface area contributed by atoms with Gasteiger partial charge in [-0.2, -0.15) is 4.80 Å². The summed E-state index contributed by atoms with van der Waals surface area (Å²) in [7, 11) is 0. The first kappa shape index (κ1) is 26.9. The van der Waals surface area contributed by atoms with E-state index in [1.54, 1.807) is 0 Å². The first-order valence-corrected chi connectivity index (χ1v) is 13.5. The van der Waals surface area contributed by atoms with E-state index >= 15 is 0 Å². The predicted octanol–water partition coefficient (Wildman–Crippen LogP) is 3.82. The fraction of sp³-hybridized carbons (Fsp3) is 0.464. The summed E-state index contributed by atoms with van der Waals surface area (Å²) in [5, 5.41) is 15.4. The highest BCUT2D eigenvalue weighted by molar-refractivity contribution is 5.89. The second-order valence-corrected chi connectivity index (χ2v) is 10.1. The van der Waals surface area contributed by atoms with Crippen molar-refractivity contribution in [2.75, 3.05) is 13.2 Å². The van der Waals surface area contributed by atoms with Gasteiger partial charge in [-0.1, -0.05) is 31.4 Å². The van der Waals surface area contributed by atoms with Crippen LogP contribution < -0.4 is 5.32 Å². The third-order valence-electron chi connectivity index (χ3n) is 7.27. The molecule has 0 unspecified atom stereocenters. The number of aromatic nitrogens is 4. The Hall–Kier alpha value is -3.73. The minimum atomic E-state index is -0.982. The summed E-state index contributed by atoms with van der Waals surface area (Å²) in [5.74, 6) is -1.27. The number of tetrazole rings is 1. The molecule has 11 heteroatoms. The highest BCUT2D eigenvalue weighted by atomic mass is 19.1. The van der Waals surface area contributed by atoms with Gasteiger partial charge in [0.1, 0.15) is 24.2 Å². The Morgan fingerprint density at radius 2 is 1.67 bits per heavy atom. The first-order chi connectivity index (χ1) is 19.0. The average molecular weight is 539 g/mol. The van der Waals surface area contributed by atoms with Crippen LogP contribution in [0.5, 0.6) is 0 Å². The van der Waals surface area contributed by atoms with Gasteiger partial charge in [0.05, 0.1) is 6.10 Å². The average Bonchev–Trinajstić information content (AvgIpc) is 3.63. The molecule has 5 rings (SSSR count). The van der Waals surface area contributed by atoms with E-state index < -0.39 is 17.8 Å². The largest absolute Gasteiger partial charge is 0.376 e. The van der Waals surface area contributed by atoms with Crippen LogP contribution in [-0.4, -0.2) is 62.2 Å². The van der Waals surface area contributed by atoms with Gasteiger partial charge in [-0.05, 0) is 72.9 Å². The Kier molecular flexibility index (Phi) is 8.55. The lowest BCUT2D eigenvalue weighted by Gasteiger charge is -2.34. The molecule has 1 aliphatic heterocycles. The van der Waals surface area contributed by atoms with Crippen molar-refractivity contribution in [2.24, 2.45) is 0 Å².